The molecule has 16 heavy (non-hydrogen) atoms. The molecule has 1 unspecified atom stereocenters. The number of aromatic nitrogens is 1. The second-order valence-corrected chi connectivity index (χ2v) is 3.92. The largest absolute Gasteiger partial charge is 0.368 e. The van der Waals surface area contributed by atoms with E-state index < -0.39 is 0 Å². The Labute approximate surface area is 94.8 Å². The van der Waals surface area contributed by atoms with Gasteiger partial charge in [-0.2, -0.15) is 0 Å². The molecule has 1 saturated heterocycles. The number of primary amides is 1. The molecular weight excluding hydrogens is 202 g/mol. The summed E-state index contributed by atoms with van der Waals surface area (Å²) < 4.78 is 0. The highest BCUT2D eigenvalue weighted by atomic mass is 16.1. The number of pyridine rings is 1. The van der Waals surface area contributed by atoms with Crippen LogP contribution in [0.5, 0.6) is 0 Å². The summed E-state index contributed by atoms with van der Waals surface area (Å²) in [6.07, 6.45) is 3.50. The molecule has 2 heterocycles. The molecule has 0 aliphatic carbocycles. The molecule has 0 radical (unpaired) electrons. The average Bonchev–Trinajstić information content (AvgIpc) is 2.78. The lowest BCUT2D eigenvalue weighted by molar-refractivity contribution is -0.121. The van der Waals surface area contributed by atoms with Crippen LogP contribution in [-0.4, -0.2) is 28.4 Å². The quantitative estimate of drug-likeness (QED) is 0.821. The van der Waals surface area contributed by atoms with Crippen LogP contribution in [0.4, 0.5) is 0 Å². The number of nitrogens with zero attached hydrogens (tertiary/aromatic N) is 2. The number of likely N-dealkylation sites (tertiary alicyclic amines) is 1. The van der Waals surface area contributed by atoms with Gasteiger partial charge in [-0.25, -0.2) is 0 Å². The summed E-state index contributed by atoms with van der Waals surface area (Å²) >= 11 is 0. The first-order valence-corrected chi connectivity index (χ1v) is 5.36. The summed E-state index contributed by atoms with van der Waals surface area (Å²) in [6, 6.07) is 5.42. The summed E-state index contributed by atoms with van der Waals surface area (Å²) in [7, 11) is 0. The Kier molecular flexibility index (Phi) is 2.90. The zero-order valence-electron chi connectivity index (χ0n) is 9.10. The molecule has 2 N–H and O–H groups in total. The van der Waals surface area contributed by atoms with Crippen LogP contribution in [-0.2, 0) is 4.79 Å². The fourth-order valence-corrected chi connectivity index (χ4v) is 2.07. The maximum atomic E-state index is 11.3. The summed E-state index contributed by atoms with van der Waals surface area (Å²) in [5, 5.41) is 0. The molecule has 1 aliphatic heterocycles. The monoisotopic (exact) mass is 217 g/mol. The lowest BCUT2D eigenvalue weighted by atomic mass is 10.2. The van der Waals surface area contributed by atoms with Gasteiger partial charge in [0.2, 0.25) is 5.91 Å². The van der Waals surface area contributed by atoms with E-state index in [0.29, 0.717) is 0 Å². The first-order valence-electron chi connectivity index (χ1n) is 5.36. The third-order valence-electron chi connectivity index (χ3n) is 2.89. The van der Waals surface area contributed by atoms with Crippen LogP contribution < -0.4 is 5.73 Å². The van der Waals surface area contributed by atoms with Gasteiger partial charge in [0.25, 0.3) is 0 Å². The molecule has 0 bridgehead atoms. The molecule has 4 heteroatoms. The molecule has 1 aromatic heterocycles. The van der Waals surface area contributed by atoms with E-state index in [1.54, 1.807) is 6.20 Å². The third kappa shape index (κ3) is 1.91. The highest BCUT2D eigenvalue weighted by molar-refractivity contribution is 5.82. The Bertz CT molecular complexity index is 402. The fourth-order valence-electron chi connectivity index (χ4n) is 2.07. The topological polar surface area (TPSA) is 59.2 Å². The number of carbonyl (C=O) groups is 1. The molecule has 1 aromatic rings. The van der Waals surface area contributed by atoms with E-state index >= 15 is 0 Å². The summed E-state index contributed by atoms with van der Waals surface area (Å²) in [5.74, 6) is -0.283. The molecule has 0 spiro atoms. The number of carbonyl (C=O) groups excluding carboxylic acids is 1. The number of hydrogen-bond acceptors (Lipinski definition) is 3. The van der Waals surface area contributed by atoms with Gasteiger partial charge in [-0.05, 0) is 25.0 Å². The van der Waals surface area contributed by atoms with E-state index in [0.717, 1.165) is 30.8 Å². The van der Waals surface area contributed by atoms with Crippen LogP contribution in [0, 0.1) is 0 Å². The Morgan fingerprint density at radius 2 is 2.38 bits per heavy atom. The van der Waals surface area contributed by atoms with Gasteiger partial charge < -0.3 is 10.6 Å². The van der Waals surface area contributed by atoms with Gasteiger partial charge in [0, 0.05) is 12.7 Å². The van der Waals surface area contributed by atoms with E-state index in [1.165, 1.54) is 0 Å². The van der Waals surface area contributed by atoms with Crippen LogP contribution in [0.25, 0.3) is 5.70 Å². The number of rotatable bonds is 3. The molecule has 1 atom stereocenters. The number of nitrogens with two attached hydrogens (primary N) is 1. The maximum Gasteiger partial charge on any atom is 0.240 e. The van der Waals surface area contributed by atoms with Crippen LogP contribution in [0.2, 0.25) is 0 Å². The van der Waals surface area contributed by atoms with Gasteiger partial charge in [-0.1, -0.05) is 12.6 Å². The zero-order chi connectivity index (χ0) is 11.5. The fraction of sp³-hybridized carbons (Fsp3) is 0.333. The molecule has 4 nitrogen and oxygen atoms in total. The smallest absolute Gasteiger partial charge is 0.240 e. The second kappa shape index (κ2) is 4.35. The molecule has 0 saturated carbocycles. The first-order chi connectivity index (χ1) is 7.70. The van der Waals surface area contributed by atoms with E-state index in [4.69, 9.17) is 5.73 Å². The minimum atomic E-state index is -0.283. The van der Waals surface area contributed by atoms with Crippen molar-refractivity contribution >= 4 is 11.6 Å². The van der Waals surface area contributed by atoms with Crippen molar-refractivity contribution in [3.05, 3.63) is 36.7 Å². The Hall–Kier alpha value is -1.84. The van der Waals surface area contributed by atoms with Crippen LogP contribution in [0.15, 0.2) is 31.0 Å². The van der Waals surface area contributed by atoms with Gasteiger partial charge in [0.15, 0.2) is 0 Å². The van der Waals surface area contributed by atoms with Crippen molar-refractivity contribution in [3.8, 4) is 0 Å². The Balaban J connectivity index is 2.19. The van der Waals surface area contributed by atoms with Crippen molar-refractivity contribution in [2.45, 2.75) is 18.9 Å². The summed E-state index contributed by atoms with van der Waals surface area (Å²) in [6.45, 7) is 4.82. The zero-order valence-corrected chi connectivity index (χ0v) is 9.10. The van der Waals surface area contributed by atoms with Crippen LogP contribution in [0.1, 0.15) is 18.5 Å². The highest BCUT2D eigenvalue weighted by Gasteiger charge is 2.30. The SMILES string of the molecule is C=C(c1ccccn1)N1CCCC1C(N)=O. The minimum Gasteiger partial charge on any atom is -0.368 e. The predicted molar refractivity (Wildman–Crippen MR) is 62.2 cm³/mol. The van der Waals surface area contributed by atoms with E-state index in [9.17, 15) is 4.79 Å². The normalized spacial score (nSPS) is 19.8. The van der Waals surface area contributed by atoms with Crippen LogP contribution in [0.3, 0.4) is 0 Å². The molecule has 84 valence electrons. The standard InChI is InChI=1S/C12H15N3O/c1-9(10-5-2-3-7-14-10)15-8-4-6-11(15)12(13)16/h2-3,5,7,11H,1,4,6,8H2,(H2,13,16). The Morgan fingerprint density at radius 1 is 1.56 bits per heavy atom. The molecule has 1 fully saturated rings. The van der Waals surface area contributed by atoms with Crippen molar-refractivity contribution in [1.29, 1.82) is 0 Å². The van der Waals surface area contributed by atoms with Gasteiger partial charge >= 0.3 is 0 Å². The van der Waals surface area contributed by atoms with E-state index in [-0.39, 0.29) is 11.9 Å². The number of amides is 1. The molecule has 0 aromatic carbocycles. The third-order valence-corrected chi connectivity index (χ3v) is 2.89. The van der Waals surface area contributed by atoms with Crippen molar-refractivity contribution < 1.29 is 4.79 Å². The molecule has 1 aliphatic rings. The van der Waals surface area contributed by atoms with Gasteiger partial charge in [-0.3, -0.25) is 9.78 Å². The van der Waals surface area contributed by atoms with Gasteiger partial charge in [0.05, 0.1) is 11.4 Å². The van der Waals surface area contributed by atoms with Crippen LogP contribution >= 0.6 is 0 Å². The summed E-state index contributed by atoms with van der Waals surface area (Å²) in [4.78, 5) is 17.4. The maximum absolute atomic E-state index is 11.3. The van der Waals surface area contributed by atoms with Gasteiger partial charge in [-0.15, -0.1) is 0 Å². The lowest BCUT2D eigenvalue weighted by Crippen LogP contribution is -2.39. The van der Waals surface area contributed by atoms with E-state index in [2.05, 4.69) is 11.6 Å². The van der Waals surface area contributed by atoms with Crippen molar-refractivity contribution in [3.63, 3.8) is 0 Å². The van der Waals surface area contributed by atoms with Crippen molar-refractivity contribution in [2.75, 3.05) is 6.54 Å². The van der Waals surface area contributed by atoms with Gasteiger partial charge in [0.1, 0.15) is 6.04 Å². The molecule has 1 amide bonds. The predicted octanol–water partition coefficient (Wildman–Crippen LogP) is 1.00. The minimum absolute atomic E-state index is 0.227. The summed E-state index contributed by atoms with van der Waals surface area (Å²) in [5.41, 5.74) is 6.94. The average molecular weight is 217 g/mol. The number of hydrogen-bond donors (Lipinski definition) is 1. The Morgan fingerprint density at radius 3 is 3.00 bits per heavy atom. The lowest BCUT2D eigenvalue weighted by Gasteiger charge is -2.25. The molecular formula is C12H15N3O. The second-order valence-electron chi connectivity index (χ2n) is 3.92. The molecule has 2 rings (SSSR count). The van der Waals surface area contributed by atoms with Crippen molar-refractivity contribution in [2.24, 2.45) is 5.73 Å². The first kappa shape index (κ1) is 10.7. The van der Waals surface area contributed by atoms with Crippen molar-refractivity contribution in [1.82, 2.24) is 9.88 Å². The van der Waals surface area contributed by atoms with E-state index in [1.807, 2.05) is 23.1 Å². The highest BCUT2D eigenvalue weighted by Crippen LogP contribution is 2.25.